The van der Waals surface area contributed by atoms with Gasteiger partial charge in [-0.1, -0.05) is 13.8 Å². The van der Waals surface area contributed by atoms with Crippen molar-refractivity contribution in [1.82, 2.24) is 5.32 Å². The van der Waals surface area contributed by atoms with Crippen LogP contribution in [0.1, 0.15) is 46.5 Å². The Balaban J connectivity index is 1.87. The number of hydrogen-bond acceptors (Lipinski definition) is 13. The number of hydrogen-bond donors (Lipinski definition) is 9. The van der Waals surface area contributed by atoms with E-state index in [9.17, 15) is 30.6 Å². The van der Waals surface area contributed by atoms with Crippen molar-refractivity contribution in [3.05, 3.63) is 0 Å². The van der Waals surface area contributed by atoms with E-state index in [0.29, 0.717) is 6.42 Å². The van der Waals surface area contributed by atoms with Crippen LogP contribution < -0.4 is 16.8 Å². The molecule has 0 aromatic carbocycles. The van der Waals surface area contributed by atoms with Gasteiger partial charge in [-0.2, -0.15) is 0 Å². The molecule has 2 saturated heterocycles. The Kier molecular flexibility index (Phi) is 11.5. The zero-order valence-electron chi connectivity index (χ0n) is 23.2. The molecule has 0 aromatic heterocycles. The van der Waals surface area contributed by atoms with Gasteiger partial charge in [-0.05, 0) is 45.6 Å². The van der Waals surface area contributed by atoms with Crippen molar-refractivity contribution in [2.24, 2.45) is 22.4 Å². The second kappa shape index (κ2) is 13.8. The van der Waals surface area contributed by atoms with Crippen LogP contribution in [0.2, 0.25) is 0 Å². The Bertz CT molecular complexity index is 807. The second-order valence-electron chi connectivity index (χ2n) is 11.3. The van der Waals surface area contributed by atoms with Crippen molar-refractivity contribution in [2.45, 2.75) is 125 Å². The maximum Gasteiger partial charge on any atom is 0.185 e. The van der Waals surface area contributed by atoms with Crippen molar-refractivity contribution < 1.29 is 49.6 Å². The maximum absolute atomic E-state index is 11.5. The molecule has 3 rings (SSSR count). The minimum Gasteiger partial charge on any atom is -0.394 e. The highest BCUT2D eigenvalue weighted by Crippen LogP contribution is 2.36. The predicted octanol–water partition coefficient (Wildman–Crippen LogP) is -3.10. The molecule has 8 unspecified atom stereocenters. The molecule has 0 amide bonds. The van der Waals surface area contributed by atoms with E-state index < -0.39 is 73.5 Å². The zero-order valence-corrected chi connectivity index (χ0v) is 23.2. The Morgan fingerprint density at radius 2 is 1.82 bits per heavy atom. The lowest BCUT2D eigenvalue weighted by molar-refractivity contribution is -0.309. The zero-order chi connectivity index (χ0) is 29.1. The fraction of sp³-hybridized carbons (Fsp3) is 0.960. The first-order chi connectivity index (χ1) is 18.3. The molecule has 228 valence electrons. The third-order valence-corrected chi connectivity index (χ3v) is 8.07. The largest absolute Gasteiger partial charge is 0.394 e. The van der Waals surface area contributed by atoms with Crippen LogP contribution in [0.3, 0.4) is 0 Å². The van der Waals surface area contributed by atoms with E-state index >= 15 is 0 Å². The minimum absolute atomic E-state index is 0.00784. The van der Waals surface area contributed by atoms with Gasteiger partial charge >= 0.3 is 0 Å². The molecule has 11 N–H and O–H groups in total. The maximum atomic E-state index is 11.5. The molecule has 2 heterocycles. The Labute approximate surface area is 229 Å². The molecule has 14 atom stereocenters. The van der Waals surface area contributed by atoms with Crippen molar-refractivity contribution in [1.29, 1.82) is 0 Å². The summed E-state index contributed by atoms with van der Waals surface area (Å²) in [5, 5.41) is 65.2. The summed E-state index contributed by atoms with van der Waals surface area (Å²) >= 11 is 0. The molecule has 1 saturated carbocycles. The van der Waals surface area contributed by atoms with Gasteiger partial charge in [0.2, 0.25) is 0 Å². The second-order valence-corrected chi connectivity index (χ2v) is 11.3. The first-order valence-corrected chi connectivity index (χ1v) is 13.7. The number of nitrogens with one attached hydrogen (secondary N) is 1. The number of ether oxygens (including phenoxy) is 4. The van der Waals surface area contributed by atoms with Gasteiger partial charge < -0.3 is 66.4 Å². The van der Waals surface area contributed by atoms with E-state index in [1.165, 1.54) is 6.92 Å². The summed E-state index contributed by atoms with van der Waals surface area (Å²) in [5.74, 6) is -0.638. The van der Waals surface area contributed by atoms with E-state index in [2.05, 4.69) is 10.3 Å². The van der Waals surface area contributed by atoms with Crippen LogP contribution in [-0.2, 0) is 18.9 Å². The van der Waals surface area contributed by atoms with Gasteiger partial charge in [0.15, 0.2) is 12.6 Å². The summed E-state index contributed by atoms with van der Waals surface area (Å²) in [6, 6.07) is -2.02. The SMILES string of the molecule is CC[C@@H]1CCC(N)[C@@H](OC2C(O)C(O[C@H]3OCC(C)(O)[C@H](NC)C3O)[C@H](N=C(N)C(O)C(O)CO)C[C@@H]2C)O1. The van der Waals surface area contributed by atoms with Crippen LogP contribution in [0.5, 0.6) is 0 Å². The van der Waals surface area contributed by atoms with Crippen LogP contribution in [0, 0.1) is 5.92 Å². The summed E-state index contributed by atoms with van der Waals surface area (Å²) in [4.78, 5) is 4.34. The highest BCUT2D eigenvalue weighted by molar-refractivity contribution is 5.85. The number of aliphatic imine (C=N–C) groups is 1. The molecule has 2 aliphatic heterocycles. The van der Waals surface area contributed by atoms with Crippen LogP contribution in [0.15, 0.2) is 4.99 Å². The van der Waals surface area contributed by atoms with Crippen molar-refractivity contribution in [2.75, 3.05) is 20.3 Å². The van der Waals surface area contributed by atoms with Gasteiger partial charge in [-0.3, -0.25) is 4.99 Å². The molecule has 39 heavy (non-hydrogen) atoms. The summed E-state index contributed by atoms with van der Waals surface area (Å²) in [5.41, 5.74) is 10.8. The van der Waals surface area contributed by atoms with Crippen LogP contribution >= 0.6 is 0 Å². The highest BCUT2D eigenvalue weighted by Gasteiger charge is 2.51. The third kappa shape index (κ3) is 7.45. The lowest BCUT2D eigenvalue weighted by atomic mass is 9.80. The standard InChI is InChI=1S/C25H48N4O10/c1-5-12-6-7-13(26)23(37-12)38-19-11(2)8-14(29-22(27)16(32)15(31)9-30)20(17(19)33)39-24-18(34)21(28-4)25(3,35)10-36-24/h11-21,23-24,28,30-35H,5-10,26H2,1-4H3,(H2,27,29)/t11-,12+,13?,14+,15?,16?,17?,18?,19?,20?,21+,23+,24+,25?/m0/s1. The van der Waals surface area contributed by atoms with E-state index in [1.54, 1.807) is 7.05 Å². The molecule has 0 aromatic rings. The van der Waals surface area contributed by atoms with Crippen LogP contribution in [-0.4, -0.2) is 136 Å². The molecule has 0 radical (unpaired) electrons. The normalized spacial score (nSPS) is 45.6. The molecular formula is C25H48N4O10. The first-order valence-electron chi connectivity index (χ1n) is 13.7. The van der Waals surface area contributed by atoms with Crippen molar-refractivity contribution in [3.63, 3.8) is 0 Å². The number of nitrogens with two attached hydrogens (primary N) is 2. The van der Waals surface area contributed by atoms with Crippen molar-refractivity contribution >= 4 is 5.84 Å². The van der Waals surface area contributed by atoms with Gasteiger partial charge in [0, 0.05) is 0 Å². The number of nitrogens with zero attached hydrogens (tertiary/aromatic N) is 1. The fourth-order valence-electron chi connectivity index (χ4n) is 5.66. The Hall–Kier alpha value is -1.01. The van der Waals surface area contributed by atoms with Crippen LogP contribution in [0.25, 0.3) is 0 Å². The van der Waals surface area contributed by atoms with Gasteiger partial charge in [-0.15, -0.1) is 0 Å². The van der Waals surface area contributed by atoms with Crippen molar-refractivity contribution in [3.8, 4) is 0 Å². The highest BCUT2D eigenvalue weighted by atomic mass is 16.7. The monoisotopic (exact) mass is 564 g/mol. The Morgan fingerprint density at radius 3 is 2.44 bits per heavy atom. The number of rotatable bonds is 10. The smallest absolute Gasteiger partial charge is 0.185 e. The minimum atomic E-state index is -1.64. The summed E-state index contributed by atoms with van der Waals surface area (Å²) in [6.07, 6.45) is -7.11. The quantitative estimate of drug-likeness (QED) is 0.0945. The lowest BCUT2D eigenvalue weighted by Crippen LogP contribution is -2.67. The predicted molar refractivity (Wildman–Crippen MR) is 139 cm³/mol. The lowest BCUT2D eigenvalue weighted by Gasteiger charge is -2.48. The van der Waals surface area contributed by atoms with Gasteiger partial charge in [0.1, 0.15) is 42.0 Å². The molecular weight excluding hydrogens is 516 g/mol. The molecule has 3 fully saturated rings. The van der Waals surface area contributed by atoms with Crippen LogP contribution in [0.4, 0.5) is 0 Å². The number of likely N-dealkylation sites (N-methyl/N-ethyl adjacent to an activating group) is 1. The van der Waals surface area contributed by atoms with Gasteiger partial charge in [0.05, 0.1) is 43.5 Å². The van der Waals surface area contributed by atoms with Gasteiger partial charge in [-0.25, -0.2) is 0 Å². The summed E-state index contributed by atoms with van der Waals surface area (Å²) in [7, 11) is 1.59. The molecule has 0 bridgehead atoms. The molecule has 1 aliphatic carbocycles. The number of aliphatic hydroxyl groups is 6. The summed E-state index contributed by atoms with van der Waals surface area (Å²) < 4.78 is 24.0. The topological polar surface area (TPSA) is 235 Å². The van der Waals surface area contributed by atoms with Gasteiger partial charge in [0.25, 0.3) is 0 Å². The molecule has 14 heteroatoms. The molecule has 3 aliphatic rings. The number of amidine groups is 1. The van der Waals surface area contributed by atoms with E-state index in [4.69, 9.17) is 30.4 Å². The molecule has 0 spiro atoms. The average molecular weight is 565 g/mol. The third-order valence-electron chi connectivity index (χ3n) is 8.07. The van der Waals surface area contributed by atoms with E-state index in [0.717, 1.165) is 12.8 Å². The molecule has 14 nitrogen and oxygen atoms in total. The van der Waals surface area contributed by atoms with E-state index in [-0.39, 0.29) is 36.9 Å². The first kappa shape index (κ1) is 32.5. The van der Waals surface area contributed by atoms with E-state index in [1.807, 2.05) is 13.8 Å². The summed E-state index contributed by atoms with van der Waals surface area (Å²) in [6.45, 7) is 4.51. The number of aliphatic hydroxyl groups excluding tert-OH is 5. The average Bonchev–Trinajstić information content (AvgIpc) is 2.89. The fourth-order valence-corrected chi connectivity index (χ4v) is 5.66. The Morgan fingerprint density at radius 1 is 1.15 bits per heavy atom.